The quantitative estimate of drug-likeness (QED) is 0.144. The highest BCUT2D eigenvalue weighted by molar-refractivity contribution is 9.10. The summed E-state index contributed by atoms with van der Waals surface area (Å²) < 4.78 is 24.6. The Morgan fingerprint density at radius 3 is 2.28 bits per heavy atom. The Morgan fingerprint density at radius 1 is 0.949 bits per heavy atom. The van der Waals surface area contributed by atoms with Crippen LogP contribution in [0.25, 0.3) is 17.1 Å². The van der Waals surface area contributed by atoms with Crippen molar-refractivity contribution < 1.29 is 23.7 Å². The zero-order valence-electron chi connectivity index (χ0n) is 21.7. The molecule has 0 fully saturated rings. The third kappa shape index (κ3) is 6.52. The molecule has 1 N–H and O–H groups in total. The molecule has 4 rings (SSSR count). The largest absolute Gasteiger partial charge is 0.496 e. The van der Waals surface area contributed by atoms with E-state index in [1.807, 2.05) is 53.1 Å². The van der Waals surface area contributed by atoms with Gasteiger partial charge in [0, 0.05) is 21.3 Å². The molecule has 1 amide bonds. The topological polar surface area (TPSA) is 109 Å². The van der Waals surface area contributed by atoms with Gasteiger partial charge in [0.25, 0.3) is 5.91 Å². The second kappa shape index (κ2) is 13.2. The van der Waals surface area contributed by atoms with E-state index < -0.39 is 0 Å². The SMILES string of the molecule is COc1ccc(Br)cc1/C=N\NC(=O)CSc1nnc(-c2cc(OC)c(OC)c(OC)c2)n1-c1ccccc1. The molecule has 0 atom stereocenters. The molecule has 0 bridgehead atoms. The molecule has 0 spiro atoms. The molecule has 4 aromatic rings. The van der Waals surface area contributed by atoms with Gasteiger partial charge in [0.2, 0.25) is 5.75 Å². The molecule has 0 aliphatic heterocycles. The van der Waals surface area contributed by atoms with E-state index in [1.54, 1.807) is 40.6 Å². The maximum absolute atomic E-state index is 12.6. The molecule has 1 heterocycles. The van der Waals surface area contributed by atoms with Crippen molar-refractivity contribution in [3.63, 3.8) is 0 Å². The van der Waals surface area contributed by atoms with E-state index >= 15 is 0 Å². The van der Waals surface area contributed by atoms with Crippen LogP contribution in [0.15, 0.2) is 75.4 Å². The molecule has 0 saturated carbocycles. The third-order valence-corrected chi connectivity index (χ3v) is 6.91. The van der Waals surface area contributed by atoms with E-state index in [4.69, 9.17) is 18.9 Å². The Hall–Kier alpha value is -4.03. The summed E-state index contributed by atoms with van der Waals surface area (Å²) >= 11 is 4.66. The molecular formula is C27H26BrN5O5S. The van der Waals surface area contributed by atoms with E-state index in [-0.39, 0.29) is 11.7 Å². The summed E-state index contributed by atoms with van der Waals surface area (Å²) in [5.41, 5.74) is 4.79. The third-order valence-electron chi connectivity index (χ3n) is 5.49. The van der Waals surface area contributed by atoms with Crippen molar-refractivity contribution in [2.45, 2.75) is 5.16 Å². The Kier molecular flexibility index (Phi) is 9.45. The van der Waals surface area contributed by atoms with E-state index in [0.717, 1.165) is 15.7 Å². The van der Waals surface area contributed by atoms with Gasteiger partial charge in [0.05, 0.1) is 40.4 Å². The monoisotopic (exact) mass is 611 g/mol. The minimum atomic E-state index is -0.304. The van der Waals surface area contributed by atoms with Gasteiger partial charge in [-0.05, 0) is 42.5 Å². The van der Waals surface area contributed by atoms with E-state index in [1.165, 1.54) is 18.0 Å². The molecule has 202 valence electrons. The Morgan fingerprint density at radius 2 is 1.64 bits per heavy atom. The van der Waals surface area contributed by atoms with Gasteiger partial charge < -0.3 is 18.9 Å². The predicted octanol–water partition coefficient (Wildman–Crippen LogP) is 4.97. The molecule has 39 heavy (non-hydrogen) atoms. The van der Waals surface area contributed by atoms with Gasteiger partial charge in [-0.1, -0.05) is 45.9 Å². The first kappa shape index (κ1) is 28.0. The molecule has 10 nitrogen and oxygen atoms in total. The predicted molar refractivity (Wildman–Crippen MR) is 154 cm³/mol. The number of para-hydroxylation sites is 1. The fourth-order valence-corrected chi connectivity index (χ4v) is 4.84. The molecule has 0 radical (unpaired) electrons. The van der Waals surface area contributed by atoms with Crippen LogP contribution in [0.3, 0.4) is 0 Å². The number of hydrogen-bond donors (Lipinski definition) is 1. The van der Waals surface area contributed by atoms with Crippen LogP contribution in [0.4, 0.5) is 0 Å². The maximum Gasteiger partial charge on any atom is 0.250 e. The molecular weight excluding hydrogens is 586 g/mol. The summed E-state index contributed by atoms with van der Waals surface area (Å²) in [5, 5.41) is 13.4. The summed E-state index contributed by atoms with van der Waals surface area (Å²) in [6, 6.07) is 18.7. The van der Waals surface area contributed by atoms with Crippen LogP contribution >= 0.6 is 27.7 Å². The van der Waals surface area contributed by atoms with Crippen molar-refractivity contribution in [3.8, 4) is 40.1 Å². The minimum absolute atomic E-state index is 0.0627. The van der Waals surface area contributed by atoms with Crippen LogP contribution in [0.5, 0.6) is 23.0 Å². The molecule has 0 aliphatic carbocycles. The highest BCUT2D eigenvalue weighted by Gasteiger charge is 2.21. The number of hydrogen-bond acceptors (Lipinski definition) is 9. The molecule has 0 unspecified atom stereocenters. The molecule has 0 saturated heterocycles. The number of halogens is 1. The van der Waals surface area contributed by atoms with Gasteiger partial charge in [-0.3, -0.25) is 9.36 Å². The molecule has 0 aliphatic rings. The van der Waals surface area contributed by atoms with Crippen LogP contribution in [0.2, 0.25) is 0 Å². The lowest BCUT2D eigenvalue weighted by Crippen LogP contribution is -2.20. The van der Waals surface area contributed by atoms with Gasteiger partial charge >= 0.3 is 0 Å². The second-order valence-corrected chi connectivity index (χ2v) is 9.72. The summed E-state index contributed by atoms with van der Waals surface area (Å²) in [4.78, 5) is 12.6. The summed E-state index contributed by atoms with van der Waals surface area (Å²) in [6.45, 7) is 0. The van der Waals surface area contributed by atoms with Crippen molar-refractivity contribution in [3.05, 3.63) is 70.7 Å². The van der Waals surface area contributed by atoms with E-state index in [0.29, 0.717) is 39.5 Å². The zero-order chi connectivity index (χ0) is 27.8. The van der Waals surface area contributed by atoms with Crippen LogP contribution in [0, 0.1) is 0 Å². The van der Waals surface area contributed by atoms with Crippen molar-refractivity contribution in [2.24, 2.45) is 5.10 Å². The first-order chi connectivity index (χ1) is 19.0. The number of carbonyl (C=O) groups excluding carboxylic acids is 1. The van der Waals surface area contributed by atoms with Gasteiger partial charge in [-0.2, -0.15) is 5.10 Å². The maximum atomic E-state index is 12.6. The second-order valence-electron chi connectivity index (χ2n) is 7.86. The van der Waals surface area contributed by atoms with Crippen molar-refractivity contribution in [2.75, 3.05) is 34.2 Å². The molecule has 3 aromatic carbocycles. The number of methoxy groups -OCH3 is 4. The number of carbonyl (C=O) groups is 1. The fraction of sp³-hybridized carbons (Fsp3) is 0.185. The van der Waals surface area contributed by atoms with Crippen molar-refractivity contribution >= 4 is 39.8 Å². The van der Waals surface area contributed by atoms with Gasteiger partial charge in [0.1, 0.15) is 5.75 Å². The lowest BCUT2D eigenvalue weighted by Gasteiger charge is -2.15. The molecule has 12 heteroatoms. The summed E-state index contributed by atoms with van der Waals surface area (Å²) in [5.74, 6) is 2.40. The number of benzene rings is 3. The zero-order valence-corrected chi connectivity index (χ0v) is 24.1. The van der Waals surface area contributed by atoms with Gasteiger partial charge in [-0.15, -0.1) is 10.2 Å². The lowest BCUT2D eigenvalue weighted by atomic mass is 10.1. The molecule has 1 aromatic heterocycles. The van der Waals surface area contributed by atoms with Crippen LogP contribution in [-0.4, -0.2) is 61.1 Å². The lowest BCUT2D eigenvalue weighted by molar-refractivity contribution is -0.118. The summed E-state index contributed by atoms with van der Waals surface area (Å²) in [7, 11) is 6.23. The number of aromatic nitrogens is 3. The number of amides is 1. The normalized spacial score (nSPS) is 10.9. The number of rotatable bonds is 11. The highest BCUT2D eigenvalue weighted by atomic mass is 79.9. The first-order valence-electron chi connectivity index (χ1n) is 11.6. The Balaban J connectivity index is 1.58. The Bertz CT molecular complexity index is 1450. The average Bonchev–Trinajstić information content (AvgIpc) is 3.39. The Labute approximate surface area is 238 Å². The number of hydrazone groups is 1. The van der Waals surface area contributed by atoms with E-state index in [2.05, 4.69) is 36.7 Å². The summed E-state index contributed by atoms with van der Waals surface area (Å²) in [6.07, 6.45) is 1.53. The van der Waals surface area contributed by atoms with Crippen LogP contribution < -0.4 is 24.4 Å². The highest BCUT2D eigenvalue weighted by Crippen LogP contribution is 2.41. The van der Waals surface area contributed by atoms with Crippen LogP contribution in [0.1, 0.15) is 5.56 Å². The van der Waals surface area contributed by atoms with E-state index in [9.17, 15) is 4.79 Å². The first-order valence-corrected chi connectivity index (χ1v) is 13.4. The van der Waals surface area contributed by atoms with Gasteiger partial charge in [-0.25, -0.2) is 5.43 Å². The minimum Gasteiger partial charge on any atom is -0.496 e. The van der Waals surface area contributed by atoms with Gasteiger partial charge in [0.15, 0.2) is 22.5 Å². The standard InChI is InChI=1S/C27H26BrN5O5S/c1-35-21-11-10-19(28)12-18(21)15-29-30-24(34)16-39-27-32-31-26(33(27)20-8-6-5-7-9-20)17-13-22(36-2)25(38-4)23(14-17)37-3/h5-15H,16H2,1-4H3,(H,30,34)/b29-15-. The van der Waals surface area contributed by atoms with Crippen molar-refractivity contribution in [1.29, 1.82) is 0 Å². The van der Waals surface area contributed by atoms with Crippen LogP contribution in [-0.2, 0) is 4.79 Å². The number of ether oxygens (including phenoxy) is 4. The number of thioether (sulfide) groups is 1. The fourth-order valence-electron chi connectivity index (χ4n) is 3.71. The number of nitrogens with one attached hydrogen (secondary N) is 1. The smallest absolute Gasteiger partial charge is 0.250 e. The average molecular weight is 613 g/mol. The van der Waals surface area contributed by atoms with Crippen molar-refractivity contribution in [1.82, 2.24) is 20.2 Å². The number of nitrogens with zero attached hydrogens (tertiary/aromatic N) is 4.